The van der Waals surface area contributed by atoms with Gasteiger partial charge in [-0.1, -0.05) is 12.1 Å². The van der Waals surface area contributed by atoms with Crippen LogP contribution in [-0.2, 0) is 11.2 Å². The maximum absolute atomic E-state index is 10.7. The molecule has 1 aliphatic heterocycles. The molecular formula is C23H23F3N6O4S. The minimum absolute atomic E-state index is 0.105. The SMILES string of the molecule is Nc1ccc2ccc(CC[C@H]3S[C@@H](n4ccc5c(N)ncnc54)[C@H](O)[C@@H]3O)cc2n1.O=C(O)C(F)(F)F. The number of fused-ring (bicyclic) bond motifs is 2. The second-order valence-electron chi connectivity index (χ2n) is 8.37. The van der Waals surface area contributed by atoms with Crippen molar-refractivity contribution in [2.24, 2.45) is 0 Å². The minimum atomic E-state index is -5.08. The maximum atomic E-state index is 10.7. The minimum Gasteiger partial charge on any atom is -0.475 e. The number of thioether (sulfide) groups is 1. The van der Waals surface area contributed by atoms with Crippen molar-refractivity contribution in [3.63, 3.8) is 0 Å². The third kappa shape index (κ3) is 5.70. The summed E-state index contributed by atoms with van der Waals surface area (Å²) in [7, 11) is 0. The monoisotopic (exact) mass is 536 g/mol. The lowest BCUT2D eigenvalue weighted by molar-refractivity contribution is -0.192. The van der Waals surface area contributed by atoms with E-state index in [2.05, 4.69) is 21.0 Å². The van der Waals surface area contributed by atoms with Crippen molar-refractivity contribution in [1.29, 1.82) is 0 Å². The van der Waals surface area contributed by atoms with Crippen LogP contribution in [0.4, 0.5) is 24.8 Å². The van der Waals surface area contributed by atoms with Crippen LogP contribution in [0.15, 0.2) is 48.9 Å². The van der Waals surface area contributed by atoms with Crippen molar-refractivity contribution < 1.29 is 33.3 Å². The first-order valence-corrected chi connectivity index (χ1v) is 11.9. The van der Waals surface area contributed by atoms with E-state index in [0.717, 1.165) is 34.7 Å². The molecule has 0 unspecified atom stereocenters. The number of nitrogen functional groups attached to an aromatic ring is 2. The van der Waals surface area contributed by atoms with E-state index in [9.17, 15) is 23.4 Å². The molecule has 14 heteroatoms. The quantitative estimate of drug-likeness (QED) is 0.261. The van der Waals surface area contributed by atoms with Crippen molar-refractivity contribution in [3.05, 3.63) is 54.5 Å². The number of aliphatic carboxylic acids is 1. The van der Waals surface area contributed by atoms with E-state index in [1.165, 1.54) is 6.33 Å². The fourth-order valence-electron chi connectivity index (χ4n) is 4.04. The van der Waals surface area contributed by atoms with Gasteiger partial charge in [-0.25, -0.2) is 19.7 Å². The zero-order valence-electron chi connectivity index (χ0n) is 19.1. The predicted molar refractivity (Wildman–Crippen MR) is 133 cm³/mol. The molecule has 0 spiro atoms. The highest BCUT2D eigenvalue weighted by Crippen LogP contribution is 2.45. The molecule has 4 atom stereocenters. The van der Waals surface area contributed by atoms with Gasteiger partial charge in [-0.15, -0.1) is 11.8 Å². The molecule has 5 rings (SSSR count). The van der Waals surface area contributed by atoms with E-state index in [0.29, 0.717) is 17.3 Å². The summed E-state index contributed by atoms with van der Waals surface area (Å²) >= 11 is 1.56. The summed E-state index contributed by atoms with van der Waals surface area (Å²) in [5.74, 6) is -1.86. The number of rotatable bonds is 4. The molecule has 0 amide bonds. The van der Waals surface area contributed by atoms with E-state index >= 15 is 0 Å². The summed E-state index contributed by atoms with van der Waals surface area (Å²) in [6.07, 6.45) is -2.07. The van der Waals surface area contributed by atoms with Crippen LogP contribution in [-0.4, -0.2) is 64.4 Å². The lowest BCUT2D eigenvalue weighted by Crippen LogP contribution is -2.31. The van der Waals surface area contributed by atoms with Crippen molar-refractivity contribution in [2.75, 3.05) is 11.5 Å². The van der Waals surface area contributed by atoms with Crippen LogP contribution < -0.4 is 11.5 Å². The first-order valence-electron chi connectivity index (χ1n) is 11.0. The molecule has 10 nitrogen and oxygen atoms in total. The Bertz CT molecular complexity index is 1430. The van der Waals surface area contributed by atoms with Gasteiger partial charge in [0, 0.05) is 16.8 Å². The third-order valence-corrected chi connectivity index (χ3v) is 7.54. The third-order valence-electron chi connectivity index (χ3n) is 5.89. The summed E-state index contributed by atoms with van der Waals surface area (Å²) in [6.45, 7) is 0. The predicted octanol–water partition coefficient (Wildman–Crippen LogP) is 2.75. The van der Waals surface area contributed by atoms with Gasteiger partial charge in [0.2, 0.25) is 0 Å². The number of aliphatic hydroxyl groups is 2. The number of halogens is 3. The number of hydrogen-bond donors (Lipinski definition) is 5. The first-order chi connectivity index (χ1) is 17.5. The number of pyridine rings is 1. The van der Waals surface area contributed by atoms with Gasteiger partial charge in [0.05, 0.1) is 17.0 Å². The van der Waals surface area contributed by atoms with Crippen molar-refractivity contribution in [1.82, 2.24) is 19.5 Å². The topological polar surface area (TPSA) is 173 Å². The van der Waals surface area contributed by atoms with E-state index in [1.807, 2.05) is 35.0 Å². The number of hydrogen-bond acceptors (Lipinski definition) is 9. The molecule has 0 aliphatic carbocycles. The average molecular weight is 537 g/mol. The van der Waals surface area contributed by atoms with Crippen LogP contribution >= 0.6 is 11.8 Å². The van der Waals surface area contributed by atoms with E-state index in [-0.39, 0.29) is 10.6 Å². The second kappa shape index (κ2) is 10.4. The number of benzene rings is 1. The van der Waals surface area contributed by atoms with Crippen LogP contribution in [0.1, 0.15) is 17.4 Å². The van der Waals surface area contributed by atoms with E-state index < -0.39 is 24.4 Å². The highest BCUT2D eigenvalue weighted by molar-refractivity contribution is 8.00. The number of aryl methyl sites for hydroxylation is 1. The molecule has 0 radical (unpaired) electrons. The first kappa shape index (κ1) is 26.4. The average Bonchev–Trinajstić information content (AvgIpc) is 3.39. The summed E-state index contributed by atoms with van der Waals surface area (Å²) in [4.78, 5) is 21.6. The Kier molecular flexibility index (Phi) is 7.43. The number of carbonyl (C=O) groups is 1. The molecule has 4 aromatic rings. The van der Waals surface area contributed by atoms with Gasteiger partial charge >= 0.3 is 12.1 Å². The van der Waals surface area contributed by atoms with Gasteiger partial charge in [0.1, 0.15) is 35.1 Å². The molecule has 4 heterocycles. The number of carboxylic acids is 1. The van der Waals surface area contributed by atoms with Gasteiger partial charge in [0.25, 0.3) is 0 Å². The van der Waals surface area contributed by atoms with Gasteiger partial charge in [0.15, 0.2) is 0 Å². The normalized spacial score (nSPS) is 21.6. The van der Waals surface area contributed by atoms with Crippen LogP contribution in [0.3, 0.4) is 0 Å². The number of alkyl halides is 3. The highest BCUT2D eigenvalue weighted by atomic mass is 32.2. The van der Waals surface area contributed by atoms with E-state index in [1.54, 1.807) is 17.8 Å². The number of anilines is 2. The molecule has 1 fully saturated rings. The Morgan fingerprint density at radius 1 is 1.08 bits per heavy atom. The van der Waals surface area contributed by atoms with Crippen molar-refractivity contribution in [2.45, 2.75) is 41.8 Å². The second-order valence-corrected chi connectivity index (χ2v) is 9.73. The zero-order valence-corrected chi connectivity index (χ0v) is 19.9. The van der Waals surface area contributed by atoms with Gasteiger partial charge in [-0.05, 0) is 42.7 Å². The Hall–Kier alpha value is -3.62. The summed E-state index contributed by atoms with van der Waals surface area (Å²) < 4.78 is 33.6. The largest absolute Gasteiger partial charge is 0.490 e. The Labute approximate surface area is 212 Å². The molecule has 1 aromatic carbocycles. The van der Waals surface area contributed by atoms with Gasteiger partial charge < -0.3 is 31.4 Å². The van der Waals surface area contributed by atoms with Crippen LogP contribution in [0.25, 0.3) is 21.9 Å². The number of aromatic nitrogens is 4. The molecule has 37 heavy (non-hydrogen) atoms. The number of carboxylic acid groups (broad SMARTS) is 1. The molecular weight excluding hydrogens is 513 g/mol. The Morgan fingerprint density at radius 3 is 2.49 bits per heavy atom. The molecule has 0 bridgehead atoms. The maximum Gasteiger partial charge on any atom is 0.490 e. The molecule has 1 aliphatic rings. The summed E-state index contributed by atoms with van der Waals surface area (Å²) in [5.41, 5.74) is 14.4. The lowest BCUT2D eigenvalue weighted by atomic mass is 10.0. The number of aliphatic hydroxyl groups excluding tert-OH is 2. The lowest BCUT2D eigenvalue weighted by Gasteiger charge is -2.17. The molecule has 1 saturated heterocycles. The fraction of sp³-hybridized carbons (Fsp3) is 0.304. The van der Waals surface area contributed by atoms with E-state index in [4.69, 9.17) is 21.4 Å². The van der Waals surface area contributed by atoms with Gasteiger partial charge in [-0.2, -0.15) is 13.2 Å². The highest BCUT2D eigenvalue weighted by Gasteiger charge is 2.43. The molecule has 196 valence electrons. The van der Waals surface area contributed by atoms with Crippen molar-refractivity contribution >= 4 is 51.3 Å². The summed E-state index contributed by atoms with van der Waals surface area (Å²) in [5, 5.41) is 29.8. The smallest absolute Gasteiger partial charge is 0.475 e. The fourth-order valence-corrected chi connectivity index (χ4v) is 5.59. The summed E-state index contributed by atoms with van der Waals surface area (Å²) in [6, 6.07) is 11.7. The molecule has 7 N–H and O–H groups in total. The molecule has 3 aromatic heterocycles. The van der Waals surface area contributed by atoms with Gasteiger partial charge in [-0.3, -0.25) is 0 Å². The number of nitrogens with zero attached hydrogens (tertiary/aromatic N) is 4. The Balaban J connectivity index is 0.000000405. The van der Waals surface area contributed by atoms with Crippen LogP contribution in [0.5, 0.6) is 0 Å². The van der Waals surface area contributed by atoms with Crippen molar-refractivity contribution in [3.8, 4) is 0 Å². The van der Waals surface area contributed by atoms with Crippen LogP contribution in [0.2, 0.25) is 0 Å². The zero-order chi connectivity index (χ0) is 26.9. The molecule has 0 saturated carbocycles. The Morgan fingerprint density at radius 2 is 1.78 bits per heavy atom. The number of nitrogens with two attached hydrogens (primary N) is 2. The standard InChI is InChI=1S/C21H22N6O2S.C2HF3O2/c22-16-6-4-12-3-1-11(9-14(12)26-16)2-5-15-17(28)18(29)21(30-15)27-8-7-13-19(23)24-10-25-20(13)27;3-2(4,5)1(6)7/h1,3-4,6-10,15,17-18,21,28-29H,2,5H2,(H2,22,26)(H2,23,24,25);(H,6,7)/t15-,17-,18-,21-;/m1./s1. The van der Waals surface area contributed by atoms with Crippen LogP contribution in [0, 0.1) is 0 Å².